The van der Waals surface area contributed by atoms with Crippen molar-refractivity contribution in [3.63, 3.8) is 0 Å². The van der Waals surface area contributed by atoms with E-state index in [4.69, 9.17) is 5.73 Å². The Morgan fingerprint density at radius 2 is 1.95 bits per heavy atom. The lowest BCUT2D eigenvalue weighted by Gasteiger charge is -2.38. The van der Waals surface area contributed by atoms with Gasteiger partial charge in [-0.15, -0.1) is 0 Å². The second-order valence-corrected chi connectivity index (χ2v) is 5.99. The molecule has 0 bridgehead atoms. The molecule has 106 valence electrons. The molecule has 1 aliphatic rings. The fourth-order valence-electron chi connectivity index (χ4n) is 3.27. The lowest BCUT2D eigenvalue weighted by Crippen LogP contribution is -2.39. The summed E-state index contributed by atoms with van der Waals surface area (Å²) in [6.45, 7) is 6.47. The van der Waals surface area contributed by atoms with Crippen LogP contribution >= 0.6 is 0 Å². The van der Waals surface area contributed by atoms with Crippen molar-refractivity contribution in [2.45, 2.75) is 58.5 Å². The van der Waals surface area contributed by atoms with Crippen molar-refractivity contribution in [2.24, 2.45) is 11.7 Å². The quantitative estimate of drug-likeness (QED) is 0.869. The van der Waals surface area contributed by atoms with Gasteiger partial charge in [0.2, 0.25) is 0 Å². The van der Waals surface area contributed by atoms with Gasteiger partial charge in [0.15, 0.2) is 0 Å². The topological polar surface area (TPSA) is 29.3 Å². The average molecular weight is 260 g/mol. The summed E-state index contributed by atoms with van der Waals surface area (Å²) in [7, 11) is 0. The highest BCUT2D eigenvalue weighted by Gasteiger charge is 2.24. The van der Waals surface area contributed by atoms with Gasteiger partial charge < -0.3 is 10.6 Å². The average Bonchev–Trinajstić information content (AvgIpc) is 2.45. The van der Waals surface area contributed by atoms with Crippen LogP contribution in [0.1, 0.15) is 51.5 Å². The molecule has 0 amide bonds. The number of nitrogens with zero attached hydrogens (tertiary/aromatic N) is 1. The van der Waals surface area contributed by atoms with E-state index in [0.29, 0.717) is 6.54 Å². The predicted octanol–water partition coefficient (Wildman–Crippen LogP) is 3.94. The molecule has 0 spiro atoms. The first kappa shape index (κ1) is 14.4. The second-order valence-electron chi connectivity index (χ2n) is 5.99. The molecule has 0 heterocycles. The fourth-order valence-corrected chi connectivity index (χ4v) is 3.27. The van der Waals surface area contributed by atoms with E-state index in [1.165, 1.54) is 49.9 Å². The van der Waals surface area contributed by atoms with Crippen LogP contribution in [0.3, 0.4) is 0 Å². The van der Waals surface area contributed by atoms with E-state index in [1.807, 2.05) is 0 Å². The minimum atomic E-state index is 0.633. The van der Waals surface area contributed by atoms with Gasteiger partial charge in [-0.25, -0.2) is 0 Å². The van der Waals surface area contributed by atoms with Gasteiger partial charge in [-0.1, -0.05) is 38.8 Å². The normalized spacial score (nSPS) is 23.3. The standard InChI is InChI=1S/C17H28N2/c1-3-11-19(17-6-4-5-14(2)12-17)16-9-7-15(13-18)8-10-16/h7-10,14,17H,3-6,11-13,18H2,1-2H3. The predicted molar refractivity (Wildman–Crippen MR) is 83.4 cm³/mol. The minimum absolute atomic E-state index is 0.633. The summed E-state index contributed by atoms with van der Waals surface area (Å²) in [5, 5.41) is 0. The van der Waals surface area contributed by atoms with Gasteiger partial charge in [0.25, 0.3) is 0 Å². The van der Waals surface area contributed by atoms with E-state index in [-0.39, 0.29) is 0 Å². The maximum absolute atomic E-state index is 5.68. The van der Waals surface area contributed by atoms with E-state index in [2.05, 4.69) is 43.0 Å². The molecule has 0 saturated heterocycles. The van der Waals surface area contributed by atoms with Crippen molar-refractivity contribution in [3.8, 4) is 0 Å². The van der Waals surface area contributed by atoms with Crippen molar-refractivity contribution < 1.29 is 0 Å². The molecule has 2 N–H and O–H groups in total. The van der Waals surface area contributed by atoms with Gasteiger partial charge in [-0.05, 0) is 42.9 Å². The molecular weight excluding hydrogens is 232 g/mol. The van der Waals surface area contributed by atoms with Crippen LogP contribution in [-0.2, 0) is 6.54 Å². The summed E-state index contributed by atoms with van der Waals surface area (Å²) in [5.41, 5.74) is 8.27. The van der Waals surface area contributed by atoms with Gasteiger partial charge in [-0.2, -0.15) is 0 Å². The zero-order valence-corrected chi connectivity index (χ0v) is 12.4. The third-order valence-corrected chi connectivity index (χ3v) is 4.32. The Bertz CT molecular complexity index is 371. The van der Waals surface area contributed by atoms with E-state index < -0.39 is 0 Å². The molecule has 2 nitrogen and oxygen atoms in total. The van der Waals surface area contributed by atoms with Crippen molar-refractivity contribution in [3.05, 3.63) is 29.8 Å². The molecule has 1 saturated carbocycles. The molecule has 1 aromatic carbocycles. The monoisotopic (exact) mass is 260 g/mol. The van der Waals surface area contributed by atoms with Gasteiger partial charge >= 0.3 is 0 Å². The van der Waals surface area contributed by atoms with E-state index in [9.17, 15) is 0 Å². The van der Waals surface area contributed by atoms with Crippen LogP contribution < -0.4 is 10.6 Å². The van der Waals surface area contributed by atoms with Crippen LogP contribution in [0.4, 0.5) is 5.69 Å². The molecule has 2 unspecified atom stereocenters. The minimum Gasteiger partial charge on any atom is -0.369 e. The molecule has 2 atom stereocenters. The summed E-state index contributed by atoms with van der Waals surface area (Å²) >= 11 is 0. The largest absolute Gasteiger partial charge is 0.369 e. The molecule has 0 aliphatic heterocycles. The number of hydrogen-bond acceptors (Lipinski definition) is 2. The lowest BCUT2D eigenvalue weighted by atomic mass is 9.86. The highest BCUT2D eigenvalue weighted by molar-refractivity contribution is 5.48. The van der Waals surface area contributed by atoms with E-state index in [0.717, 1.165) is 12.0 Å². The molecule has 2 rings (SSSR count). The van der Waals surface area contributed by atoms with Gasteiger partial charge in [0.1, 0.15) is 0 Å². The second kappa shape index (κ2) is 6.95. The summed E-state index contributed by atoms with van der Waals surface area (Å²) in [6.07, 6.45) is 6.70. The Kier molecular flexibility index (Phi) is 5.26. The SMILES string of the molecule is CCCN(c1ccc(CN)cc1)C1CCCC(C)C1. The number of hydrogen-bond donors (Lipinski definition) is 1. The van der Waals surface area contributed by atoms with Crippen LogP contribution in [0.25, 0.3) is 0 Å². The Labute approximate surface area is 118 Å². The fraction of sp³-hybridized carbons (Fsp3) is 0.647. The third-order valence-electron chi connectivity index (χ3n) is 4.32. The van der Waals surface area contributed by atoms with E-state index in [1.54, 1.807) is 0 Å². The van der Waals surface area contributed by atoms with Crippen LogP contribution in [0.15, 0.2) is 24.3 Å². The number of anilines is 1. The maximum atomic E-state index is 5.68. The first-order valence-electron chi connectivity index (χ1n) is 7.80. The summed E-state index contributed by atoms with van der Waals surface area (Å²) < 4.78 is 0. The Hall–Kier alpha value is -1.02. The van der Waals surface area contributed by atoms with Gasteiger partial charge in [0, 0.05) is 24.8 Å². The molecule has 1 aliphatic carbocycles. The lowest BCUT2D eigenvalue weighted by molar-refractivity contribution is 0.329. The first-order valence-corrected chi connectivity index (χ1v) is 7.80. The van der Waals surface area contributed by atoms with Gasteiger partial charge in [0.05, 0.1) is 0 Å². The summed E-state index contributed by atoms with van der Waals surface area (Å²) in [6, 6.07) is 9.57. The van der Waals surface area contributed by atoms with Gasteiger partial charge in [-0.3, -0.25) is 0 Å². The third kappa shape index (κ3) is 3.73. The van der Waals surface area contributed by atoms with Crippen molar-refractivity contribution in [2.75, 3.05) is 11.4 Å². The van der Waals surface area contributed by atoms with Crippen molar-refractivity contribution in [1.29, 1.82) is 0 Å². The summed E-state index contributed by atoms with van der Waals surface area (Å²) in [5.74, 6) is 0.876. The van der Waals surface area contributed by atoms with Crippen LogP contribution in [-0.4, -0.2) is 12.6 Å². The summed E-state index contributed by atoms with van der Waals surface area (Å²) in [4.78, 5) is 2.62. The molecule has 0 aromatic heterocycles. The Balaban J connectivity index is 2.13. The number of nitrogens with two attached hydrogens (primary N) is 1. The van der Waals surface area contributed by atoms with Crippen LogP contribution in [0, 0.1) is 5.92 Å². The first-order chi connectivity index (χ1) is 9.24. The zero-order valence-electron chi connectivity index (χ0n) is 12.4. The van der Waals surface area contributed by atoms with Crippen LogP contribution in [0.5, 0.6) is 0 Å². The molecule has 0 radical (unpaired) electrons. The maximum Gasteiger partial charge on any atom is 0.0368 e. The number of benzene rings is 1. The zero-order chi connectivity index (χ0) is 13.7. The highest BCUT2D eigenvalue weighted by atomic mass is 15.2. The molecule has 2 heteroatoms. The van der Waals surface area contributed by atoms with E-state index >= 15 is 0 Å². The smallest absolute Gasteiger partial charge is 0.0368 e. The Morgan fingerprint density at radius 1 is 1.21 bits per heavy atom. The highest BCUT2D eigenvalue weighted by Crippen LogP contribution is 2.30. The Morgan fingerprint density at radius 3 is 2.53 bits per heavy atom. The molecule has 1 aromatic rings. The number of rotatable bonds is 5. The molecule has 1 fully saturated rings. The van der Waals surface area contributed by atoms with Crippen molar-refractivity contribution in [1.82, 2.24) is 0 Å². The molecule has 19 heavy (non-hydrogen) atoms. The van der Waals surface area contributed by atoms with Crippen molar-refractivity contribution >= 4 is 5.69 Å². The van der Waals surface area contributed by atoms with Crippen LogP contribution in [0.2, 0.25) is 0 Å². The molecular formula is C17H28N2.